The van der Waals surface area contributed by atoms with Crippen LogP contribution in [-0.2, 0) is 66.1 Å². The topological polar surface area (TPSA) is 17.1 Å². The van der Waals surface area contributed by atoms with Crippen LogP contribution in [0.4, 0.5) is 105 Å². The van der Waals surface area contributed by atoms with Crippen LogP contribution in [0.3, 0.4) is 0 Å². The van der Waals surface area contributed by atoms with E-state index in [2.05, 4.69) is 52.3 Å². The van der Waals surface area contributed by atoms with Gasteiger partial charge in [-0.1, -0.05) is 125 Å². The summed E-state index contributed by atoms with van der Waals surface area (Å²) in [6.45, 7) is 0. The van der Waals surface area contributed by atoms with Crippen molar-refractivity contribution < 1.29 is 110 Å². The predicted octanol–water partition coefficient (Wildman–Crippen LogP) is 16.7. The van der Waals surface area contributed by atoms with Gasteiger partial charge in [-0.25, -0.2) is 0 Å². The molecule has 0 aliphatic heterocycles. The van der Waals surface area contributed by atoms with Crippen LogP contribution in [0.15, 0.2) is 167 Å². The Labute approximate surface area is 453 Å². The molecule has 1 atom stereocenters. The van der Waals surface area contributed by atoms with Crippen molar-refractivity contribution in [2.45, 2.75) is 60.1 Å². The number of carbonyl (C=O) groups is 1. The van der Waals surface area contributed by atoms with E-state index in [4.69, 9.17) is 0 Å². The molecule has 0 radical (unpaired) electrons. The molecule has 1 nitrogen and oxygen atoms in total. The molecule has 0 saturated carbocycles. The molecule has 0 aliphatic rings. The number of carbonyl (C=O) groups excluding carboxylic acids is 1. The molecule has 0 aromatic heterocycles. The van der Waals surface area contributed by atoms with Gasteiger partial charge in [-0.15, -0.1) is 0 Å². The first kappa shape index (κ1) is 63.6. The van der Waals surface area contributed by atoms with Crippen LogP contribution in [0.5, 0.6) is 0 Å². The first-order valence-corrected chi connectivity index (χ1v) is 24.7. The fourth-order valence-electron chi connectivity index (χ4n) is 8.56. The van der Waals surface area contributed by atoms with E-state index >= 15 is 0 Å². The third-order valence-electron chi connectivity index (χ3n) is 12.2. The summed E-state index contributed by atoms with van der Waals surface area (Å²) in [6, 6.07) is 19.5. The Morgan fingerprint density at radius 1 is 0.346 bits per heavy atom. The van der Waals surface area contributed by atoms with Crippen LogP contribution in [0.25, 0.3) is 0 Å². The molecule has 0 saturated heterocycles. The monoisotopic (exact) mass is 1260 g/mol. The van der Waals surface area contributed by atoms with Crippen molar-refractivity contribution in [1.29, 1.82) is 0 Å². The van der Waals surface area contributed by atoms with Gasteiger partial charge in [0.2, 0.25) is 5.78 Å². The molecule has 0 aliphatic carbocycles. The summed E-state index contributed by atoms with van der Waals surface area (Å²) in [5.41, 5.74) is -28.1. The van der Waals surface area contributed by atoms with Gasteiger partial charge in [-0.05, 0) is 48.5 Å². The van der Waals surface area contributed by atoms with Crippen LogP contribution >= 0.6 is 15.9 Å². The Kier molecular flexibility index (Phi) is 18.1. The van der Waals surface area contributed by atoms with Crippen LogP contribution in [-0.4, -0.2) is 17.7 Å². The lowest BCUT2D eigenvalue weighted by atomic mass is 9.12. The minimum Gasteiger partial charge on any atom is -0.289 e. The van der Waals surface area contributed by atoms with Crippen LogP contribution in [0.1, 0.15) is 60.4 Å². The smallest absolute Gasteiger partial charge is 0.289 e. The number of hydrogen-bond acceptors (Lipinski definition) is 1. The Balaban J connectivity index is 0.000000363. The van der Waals surface area contributed by atoms with E-state index in [0.717, 1.165) is 15.8 Å². The second kappa shape index (κ2) is 23.0. The third kappa shape index (κ3) is 15.5. The fourth-order valence-corrected chi connectivity index (χ4v) is 10.9. The Hall–Kier alpha value is -6.58. The highest BCUT2D eigenvalue weighted by molar-refractivity contribution is 9.10. The summed E-state index contributed by atoms with van der Waals surface area (Å²) in [4.78, 5) is 13.9. The van der Waals surface area contributed by atoms with Gasteiger partial charge < -0.3 is 0 Å². The average molecular weight is 1260 g/mol. The number of rotatable bonds is 10. The van der Waals surface area contributed by atoms with E-state index in [1.54, 1.807) is 0 Å². The summed E-state index contributed by atoms with van der Waals surface area (Å²) in [5.74, 6) is 1.64. The van der Waals surface area contributed by atoms with Gasteiger partial charge in [0, 0.05) is 26.5 Å². The second-order valence-electron chi connectivity index (χ2n) is 17.7. The standard InChI is InChI=1S/C32H12BF24.C21H18BrOS/c34-25(35,36)13-1-14(26(37,38)39)6-21(5-13)33(22-7-15(27(40,41)42)2-16(8-22)28(43,44)45,23-9-17(29(46,47)48)3-18(10-23)30(49,50)51)24-11-19(31(52,53)54)4-20(12-24)32(55,56)57;22-19-11-13-20(14-12-19)24(15-17-7-3-1-4-8-17)16-21(23)18-9-5-2-6-10-18/h1-12H;1-14H,15-16H2/q-1;+1. The lowest BCUT2D eigenvalue weighted by molar-refractivity contribution is -0.144. The number of hydrogen-bond donors (Lipinski definition) is 0. The van der Waals surface area contributed by atoms with Gasteiger partial charge >= 0.3 is 49.4 Å². The van der Waals surface area contributed by atoms with E-state index < -0.39 is 195 Å². The molecule has 432 valence electrons. The quantitative estimate of drug-likeness (QED) is 0.0577. The van der Waals surface area contributed by atoms with Crippen molar-refractivity contribution in [3.63, 3.8) is 0 Å². The van der Waals surface area contributed by atoms with Crippen LogP contribution in [0, 0.1) is 0 Å². The van der Waals surface area contributed by atoms with Crippen molar-refractivity contribution >= 4 is 60.6 Å². The van der Waals surface area contributed by atoms with Crippen molar-refractivity contribution in [1.82, 2.24) is 0 Å². The lowest BCUT2D eigenvalue weighted by Crippen LogP contribution is -2.75. The van der Waals surface area contributed by atoms with Crippen molar-refractivity contribution in [3.05, 3.63) is 218 Å². The Morgan fingerprint density at radius 2 is 0.593 bits per heavy atom. The second-order valence-corrected chi connectivity index (χ2v) is 20.7. The van der Waals surface area contributed by atoms with Gasteiger partial charge in [-0.3, -0.25) is 4.79 Å². The summed E-state index contributed by atoms with van der Waals surface area (Å²) < 4.78 is 342. The van der Waals surface area contributed by atoms with E-state index in [1.807, 2.05) is 48.5 Å². The van der Waals surface area contributed by atoms with E-state index in [0.29, 0.717) is 5.75 Å². The molecular weight excluding hydrogens is 1230 g/mol. The maximum absolute atomic E-state index is 14.2. The summed E-state index contributed by atoms with van der Waals surface area (Å²) >= 11 is 3.49. The van der Waals surface area contributed by atoms with Crippen LogP contribution < -0.4 is 21.9 Å². The number of ketones is 1. The number of halogens is 25. The Bertz CT molecular complexity index is 2900. The zero-order valence-electron chi connectivity index (χ0n) is 39.8. The Morgan fingerprint density at radius 3 is 0.840 bits per heavy atom. The maximum Gasteiger partial charge on any atom is 0.416 e. The molecular formula is C53H30BBrF24OS. The number of Topliss-reactive ketones (excluding diaryl/α,β-unsaturated/α-hetero) is 1. The van der Waals surface area contributed by atoms with Gasteiger partial charge in [0.15, 0.2) is 10.6 Å². The molecule has 1 unspecified atom stereocenters. The predicted molar refractivity (Wildman–Crippen MR) is 256 cm³/mol. The van der Waals surface area contributed by atoms with Crippen LogP contribution in [0.2, 0.25) is 0 Å². The third-order valence-corrected chi connectivity index (χ3v) is 14.9. The van der Waals surface area contributed by atoms with Crippen molar-refractivity contribution in [2.24, 2.45) is 0 Å². The van der Waals surface area contributed by atoms with E-state index in [1.165, 1.54) is 10.5 Å². The molecule has 7 aromatic carbocycles. The minimum absolute atomic E-state index is 0.148. The fraction of sp³-hybridized carbons (Fsp3) is 0.189. The SMILES string of the molecule is FC(F)(F)c1cc([B-](c2cc(C(F)(F)F)cc(C(F)(F)F)c2)(c2cc(C(F)(F)F)cc(C(F)(F)F)c2)c2cc(C(F)(F)F)cc(C(F)(F)F)c2)cc(C(F)(F)F)c1.O=C(C[S+](Cc1ccccc1)c1ccc(Br)cc1)c1ccccc1. The average Bonchev–Trinajstić information content (AvgIpc) is 3.35. The zero-order valence-corrected chi connectivity index (χ0v) is 42.2. The maximum atomic E-state index is 14.2. The molecule has 0 spiro atoms. The molecule has 0 N–H and O–H groups in total. The minimum atomic E-state index is -6.13. The lowest BCUT2D eigenvalue weighted by Gasteiger charge is -2.46. The van der Waals surface area contributed by atoms with Crippen molar-refractivity contribution in [2.75, 3.05) is 5.75 Å². The number of benzene rings is 7. The summed E-state index contributed by atoms with van der Waals surface area (Å²) in [5, 5.41) is 0. The first-order valence-electron chi connectivity index (χ1n) is 22.4. The molecule has 0 heterocycles. The number of alkyl halides is 24. The first-order chi connectivity index (χ1) is 37.0. The van der Waals surface area contributed by atoms with E-state index in [-0.39, 0.29) is 16.7 Å². The largest absolute Gasteiger partial charge is 0.416 e. The molecule has 0 amide bonds. The summed E-state index contributed by atoms with van der Waals surface area (Å²) in [6.07, 6.45) is -54.8. The molecule has 0 fully saturated rings. The zero-order chi connectivity index (χ0) is 60.7. The highest BCUT2D eigenvalue weighted by atomic mass is 79.9. The van der Waals surface area contributed by atoms with Gasteiger partial charge in [0.25, 0.3) is 0 Å². The molecule has 7 aromatic rings. The van der Waals surface area contributed by atoms with Gasteiger partial charge in [0.05, 0.1) is 44.5 Å². The molecule has 81 heavy (non-hydrogen) atoms. The molecule has 28 heteroatoms. The van der Waals surface area contributed by atoms with Gasteiger partial charge in [0.1, 0.15) is 11.9 Å². The molecule has 7 rings (SSSR count). The van der Waals surface area contributed by atoms with Gasteiger partial charge in [-0.2, -0.15) is 127 Å². The highest BCUT2D eigenvalue weighted by Crippen LogP contribution is 2.42. The van der Waals surface area contributed by atoms with Crippen molar-refractivity contribution in [3.8, 4) is 0 Å². The van der Waals surface area contributed by atoms with E-state index in [9.17, 15) is 110 Å². The molecule has 0 bridgehead atoms. The summed E-state index contributed by atoms with van der Waals surface area (Å²) in [7, 11) is -0.148. The highest BCUT2D eigenvalue weighted by Gasteiger charge is 2.47. The normalized spacial score (nSPS) is 13.6.